The number of nitrogens with zero attached hydrogens (tertiary/aromatic N) is 4. The molecular weight excluding hydrogens is 266 g/mol. The molecule has 19 heavy (non-hydrogen) atoms. The number of nitro benzene ring substituents is 1. The molecule has 0 bridgehead atoms. The zero-order chi connectivity index (χ0) is 13.4. The lowest BCUT2D eigenvalue weighted by Crippen LogP contribution is -1.97. The van der Waals surface area contributed by atoms with Crippen molar-refractivity contribution in [2.24, 2.45) is 7.05 Å². The van der Waals surface area contributed by atoms with E-state index < -0.39 is 4.92 Å². The Morgan fingerprint density at radius 2 is 2.32 bits per heavy atom. The van der Waals surface area contributed by atoms with Gasteiger partial charge in [0.05, 0.1) is 27.0 Å². The van der Waals surface area contributed by atoms with Crippen molar-refractivity contribution in [3.63, 3.8) is 0 Å². The molecule has 7 nitrogen and oxygen atoms in total. The standard InChI is InChI=1S/C11H9N5O2S/c1-15-5-7(4-13-15)14-8-2-3-9-10(12-6-19-9)11(8)16(17)18/h2-6,14H,1H3. The van der Waals surface area contributed by atoms with Gasteiger partial charge in [0.25, 0.3) is 0 Å². The topological polar surface area (TPSA) is 85.9 Å². The van der Waals surface area contributed by atoms with Crippen LogP contribution in [0, 0.1) is 10.1 Å². The second kappa shape index (κ2) is 4.32. The van der Waals surface area contributed by atoms with Gasteiger partial charge in [-0.3, -0.25) is 14.8 Å². The quantitative estimate of drug-likeness (QED) is 0.586. The van der Waals surface area contributed by atoms with Gasteiger partial charge < -0.3 is 5.32 Å². The molecule has 0 saturated carbocycles. The predicted molar refractivity (Wildman–Crippen MR) is 72.8 cm³/mol. The van der Waals surface area contributed by atoms with Crippen LogP contribution in [-0.2, 0) is 7.05 Å². The van der Waals surface area contributed by atoms with Crippen LogP contribution >= 0.6 is 11.3 Å². The number of hydrogen-bond acceptors (Lipinski definition) is 6. The van der Waals surface area contributed by atoms with Gasteiger partial charge in [0.1, 0.15) is 5.69 Å². The van der Waals surface area contributed by atoms with E-state index in [1.807, 2.05) is 6.07 Å². The summed E-state index contributed by atoms with van der Waals surface area (Å²) in [5, 5.41) is 18.2. The molecule has 0 fully saturated rings. The molecule has 2 aromatic heterocycles. The molecule has 0 saturated heterocycles. The highest BCUT2D eigenvalue weighted by atomic mass is 32.1. The summed E-state index contributed by atoms with van der Waals surface area (Å²) in [6.07, 6.45) is 3.35. The number of aromatic nitrogens is 3. The van der Waals surface area contributed by atoms with Gasteiger partial charge in [0, 0.05) is 13.2 Å². The maximum absolute atomic E-state index is 11.2. The average Bonchev–Trinajstić information content (AvgIpc) is 2.97. The van der Waals surface area contributed by atoms with Gasteiger partial charge in [-0.25, -0.2) is 4.98 Å². The lowest BCUT2D eigenvalue weighted by atomic mass is 10.2. The van der Waals surface area contributed by atoms with E-state index in [4.69, 9.17) is 0 Å². The van der Waals surface area contributed by atoms with Crippen LogP contribution in [0.4, 0.5) is 17.1 Å². The SMILES string of the molecule is Cn1cc(Nc2ccc3scnc3c2[N+](=O)[O-])cn1. The van der Waals surface area contributed by atoms with Crippen molar-refractivity contribution in [1.82, 2.24) is 14.8 Å². The van der Waals surface area contributed by atoms with Gasteiger partial charge in [-0.15, -0.1) is 11.3 Å². The summed E-state index contributed by atoms with van der Waals surface area (Å²) < 4.78 is 2.42. The molecule has 1 aromatic carbocycles. The normalized spacial score (nSPS) is 10.8. The minimum atomic E-state index is -0.416. The fourth-order valence-electron chi connectivity index (χ4n) is 1.84. The highest BCUT2D eigenvalue weighted by molar-refractivity contribution is 7.16. The Balaban J connectivity index is 2.12. The Morgan fingerprint density at radius 1 is 1.47 bits per heavy atom. The molecule has 96 valence electrons. The monoisotopic (exact) mass is 275 g/mol. The summed E-state index contributed by atoms with van der Waals surface area (Å²) in [7, 11) is 1.78. The number of rotatable bonds is 3. The highest BCUT2D eigenvalue weighted by Gasteiger charge is 2.20. The summed E-state index contributed by atoms with van der Waals surface area (Å²) in [5.41, 5.74) is 3.11. The van der Waals surface area contributed by atoms with Crippen molar-refractivity contribution in [3.8, 4) is 0 Å². The lowest BCUT2D eigenvalue weighted by molar-refractivity contribution is -0.382. The summed E-state index contributed by atoms with van der Waals surface area (Å²) in [5.74, 6) is 0. The zero-order valence-electron chi connectivity index (χ0n) is 9.90. The van der Waals surface area contributed by atoms with E-state index in [-0.39, 0.29) is 5.69 Å². The molecule has 3 aromatic rings. The summed E-state index contributed by atoms with van der Waals surface area (Å²) in [6, 6.07) is 3.50. The number of aryl methyl sites for hydroxylation is 1. The van der Waals surface area contributed by atoms with Crippen LogP contribution in [0.25, 0.3) is 10.2 Å². The van der Waals surface area contributed by atoms with Gasteiger partial charge in [0.15, 0.2) is 5.52 Å². The van der Waals surface area contributed by atoms with Gasteiger partial charge in [-0.05, 0) is 12.1 Å². The molecule has 0 spiro atoms. The first-order valence-corrected chi connectivity index (χ1v) is 6.29. The highest BCUT2D eigenvalue weighted by Crippen LogP contribution is 2.35. The minimum absolute atomic E-state index is 0.0115. The lowest BCUT2D eigenvalue weighted by Gasteiger charge is -2.04. The van der Waals surface area contributed by atoms with Gasteiger partial charge in [-0.1, -0.05) is 0 Å². The molecule has 0 aliphatic heterocycles. The summed E-state index contributed by atoms with van der Waals surface area (Å²) >= 11 is 1.38. The van der Waals surface area contributed by atoms with E-state index in [0.717, 1.165) is 4.70 Å². The number of fused-ring (bicyclic) bond motifs is 1. The van der Waals surface area contributed by atoms with E-state index in [1.54, 1.807) is 35.7 Å². The fraction of sp³-hybridized carbons (Fsp3) is 0.0909. The van der Waals surface area contributed by atoms with Gasteiger partial charge in [-0.2, -0.15) is 5.10 Å². The first-order valence-electron chi connectivity index (χ1n) is 5.41. The van der Waals surface area contributed by atoms with Crippen LogP contribution in [0.5, 0.6) is 0 Å². The van der Waals surface area contributed by atoms with Crippen molar-refractivity contribution in [2.45, 2.75) is 0 Å². The molecule has 0 atom stereocenters. The number of thiazole rings is 1. The molecular formula is C11H9N5O2S. The molecule has 3 rings (SSSR count). The van der Waals surface area contributed by atoms with Crippen LogP contribution < -0.4 is 5.32 Å². The Morgan fingerprint density at radius 3 is 3.00 bits per heavy atom. The largest absolute Gasteiger partial charge is 0.347 e. The molecule has 0 unspecified atom stereocenters. The van der Waals surface area contributed by atoms with Crippen molar-refractivity contribution in [3.05, 3.63) is 40.2 Å². The molecule has 0 aliphatic rings. The average molecular weight is 275 g/mol. The molecule has 0 amide bonds. The number of hydrogen-bond donors (Lipinski definition) is 1. The second-order valence-corrected chi connectivity index (χ2v) is 4.83. The van der Waals surface area contributed by atoms with Crippen LogP contribution in [-0.4, -0.2) is 19.7 Å². The third kappa shape index (κ3) is 2.02. The summed E-state index contributed by atoms with van der Waals surface area (Å²) in [4.78, 5) is 14.9. The zero-order valence-corrected chi connectivity index (χ0v) is 10.7. The maximum atomic E-state index is 11.2. The van der Waals surface area contributed by atoms with E-state index in [9.17, 15) is 10.1 Å². The maximum Gasteiger partial charge on any atom is 0.319 e. The Hall–Kier alpha value is -2.48. The third-order valence-corrected chi connectivity index (χ3v) is 3.44. The number of anilines is 2. The Bertz CT molecular complexity index is 763. The summed E-state index contributed by atoms with van der Waals surface area (Å²) in [6.45, 7) is 0. The number of nitro groups is 1. The van der Waals surface area contributed by atoms with Gasteiger partial charge >= 0.3 is 5.69 Å². The van der Waals surface area contributed by atoms with Crippen LogP contribution in [0.3, 0.4) is 0 Å². The first kappa shape index (κ1) is 11.6. The molecule has 0 aliphatic carbocycles. The second-order valence-electron chi connectivity index (χ2n) is 3.95. The van der Waals surface area contributed by atoms with Crippen LogP contribution in [0.1, 0.15) is 0 Å². The minimum Gasteiger partial charge on any atom is -0.347 e. The first-order chi connectivity index (χ1) is 9.15. The molecule has 1 N–H and O–H groups in total. The Kier molecular flexibility index (Phi) is 2.64. The van der Waals surface area contributed by atoms with E-state index in [2.05, 4.69) is 15.4 Å². The molecule has 8 heteroatoms. The number of benzene rings is 1. The van der Waals surface area contributed by atoms with Crippen molar-refractivity contribution in [1.29, 1.82) is 0 Å². The van der Waals surface area contributed by atoms with E-state index >= 15 is 0 Å². The van der Waals surface area contributed by atoms with E-state index in [1.165, 1.54) is 11.3 Å². The Labute approximate surface area is 111 Å². The van der Waals surface area contributed by atoms with Crippen LogP contribution in [0.15, 0.2) is 30.0 Å². The fourth-order valence-corrected chi connectivity index (χ4v) is 2.52. The van der Waals surface area contributed by atoms with Gasteiger partial charge in [0.2, 0.25) is 0 Å². The smallest absolute Gasteiger partial charge is 0.319 e. The van der Waals surface area contributed by atoms with Crippen LogP contribution in [0.2, 0.25) is 0 Å². The predicted octanol–water partition coefficient (Wildman–Crippen LogP) is 2.68. The van der Waals surface area contributed by atoms with Crippen molar-refractivity contribution < 1.29 is 4.92 Å². The third-order valence-electron chi connectivity index (χ3n) is 2.64. The molecule has 2 heterocycles. The van der Waals surface area contributed by atoms with Crippen molar-refractivity contribution in [2.75, 3.05) is 5.32 Å². The van der Waals surface area contributed by atoms with E-state index in [0.29, 0.717) is 16.9 Å². The number of nitrogens with one attached hydrogen (secondary N) is 1. The molecule has 0 radical (unpaired) electrons. The van der Waals surface area contributed by atoms with Crippen molar-refractivity contribution >= 4 is 38.6 Å².